The van der Waals surface area contributed by atoms with Crippen molar-refractivity contribution in [3.8, 4) is 12.3 Å². The van der Waals surface area contributed by atoms with Crippen LogP contribution in [0.25, 0.3) is 10.9 Å². The second-order valence-corrected chi connectivity index (χ2v) is 4.18. The van der Waals surface area contributed by atoms with Crippen molar-refractivity contribution >= 4 is 10.9 Å². The Morgan fingerprint density at radius 3 is 2.80 bits per heavy atom. The van der Waals surface area contributed by atoms with E-state index in [1.165, 1.54) is 0 Å². The van der Waals surface area contributed by atoms with Crippen LogP contribution in [0.3, 0.4) is 0 Å². The van der Waals surface area contributed by atoms with Gasteiger partial charge in [0.15, 0.2) is 0 Å². The Morgan fingerprint density at radius 2 is 2.07 bits per heavy atom. The Kier molecular flexibility index (Phi) is 2.21. The summed E-state index contributed by atoms with van der Waals surface area (Å²) in [5, 5.41) is 1.15. The van der Waals surface area contributed by atoms with Gasteiger partial charge in [-0.2, -0.15) is 0 Å². The van der Waals surface area contributed by atoms with Crippen LogP contribution >= 0.6 is 0 Å². The highest BCUT2D eigenvalue weighted by molar-refractivity contribution is 5.79. The third-order valence-electron chi connectivity index (χ3n) is 2.69. The van der Waals surface area contributed by atoms with Crippen molar-refractivity contribution in [2.24, 2.45) is 0 Å². The van der Waals surface area contributed by atoms with E-state index in [2.05, 4.69) is 35.2 Å². The van der Waals surface area contributed by atoms with Crippen molar-refractivity contribution in [3.63, 3.8) is 0 Å². The van der Waals surface area contributed by atoms with Gasteiger partial charge in [-0.05, 0) is 31.5 Å². The second-order valence-electron chi connectivity index (χ2n) is 4.18. The van der Waals surface area contributed by atoms with Gasteiger partial charge in [0.2, 0.25) is 0 Å². The van der Waals surface area contributed by atoms with Gasteiger partial charge >= 0.3 is 0 Å². The fraction of sp³-hybridized carbons (Fsp3) is 0.214. The summed E-state index contributed by atoms with van der Waals surface area (Å²) in [6.07, 6.45) is 7.31. The van der Waals surface area contributed by atoms with E-state index in [9.17, 15) is 0 Å². The minimum atomic E-state index is -0.230. The van der Waals surface area contributed by atoms with Crippen molar-refractivity contribution in [1.82, 2.24) is 4.98 Å². The molecule has 0 bridgehead atoms. The number of nitrogens with zero attached hydrogens (tertiary/aromatic N) is 1. The molecule has 1 nitrogen and oxygen atoms in total. The third-order valence-corrected chi connectivity index (χ3v) is 2.69. The molecule has 15 heavy (non-hydrogen) atoms. The van der Waals surface area contributed by atoms with Gasteiger partial charge in [-0.1, -0.05) is 24.1 Å². The molecule has 0 radical (unpaired) electrons. The topological polar surface area (TPSA) is 12.9 Å². The molecule has 1 aromatic heterocycles. The summed E-state index contributed by atoms with van der Waals surface area (Å²) in [6, 6.07) is 10.2. The van der Waals surface area contributed by atoms with Crippen molar-refractivity contribution in [3.05, 3.63) is 42.1 Å². The maximum Gasteiger partial charge on any atom is 0.0705 e. The Balaban J connectivity index is 2.63. The molecule has 1 heterocycles. The molecule has 0 saturated carbocycles. The fourth-order valence-electron chi connectivity index (χ4n) is 1.54. The highest BCUT2D eigenvalue weighted by atomic mass is 14.6. The molecule has 2 rings (SSSR count). The lowest BCUT2D eigenvalue weighted by Crippen LogP contribution is -2.13. The molecule has 0 aliphatic rings. The van der Waals surface area contributed by atoms with E-state index < -0.39 is 0 Å². The number of hydrogen-bond donors (Lipinski definition) is 0. The minimum absolute atomic E-state index is 0.230. The molecule has 0 aliphatic carbocycles. The van der Waals surface area contributed by atoms with Gasteiger partial charge < -0.3 is 0 Å². The van der Waals surface area contributed by atoms with E-state index in [-0.39, 0.29) is 5.41 Å². The van der Waals surface area contributed by atoms with Crippen LogP contribution in [0.5, 0.6) is 0 Å². The van der Waals surface area contributed by atoms with E-state index in [1.54, 1.807) is 6.20 Å². The van der Waals surface area contributed by atoms with Crippen LogP contribution < -0.4 is 0 Å². The normalized spacial score (nSPS) is 11.3. The zero-order valence-corrected chi connectivity index (χ0v) is 8.99. The lowest BCUT2D eigenvalue weighted by atomic mass is 9.85. The Morgan fingerprint density at radius 1 is 1.27 bits per heavy atom. The van der Waals surface area contributed by atoms with Gasteiger partial charge in [0.25, 0.3) is 0 Å². The zero-order valence-electron chi connectivity index (χ0n) is 8.99. The van der Waals surface area contributed by atoms with Crippen LogP contribution in [-0.2, 0) is 5.41 Å². The maximum absolute atomic E-state index is 5.51. The SMILES string of the molecule is C#CC(C)(C)c1ccc2cccnc2c1. The molecule has 0 amide bonds. The van der Waals surface area contributed by atoms with Crippen molar-refractivity contribution < 1.29 is 0 Å². The van der Waals surface area contributed by atoms with Crippen LogP contribution in [0.1, 0.15) is 19.4 Å². The van der Waals surface area contributed by atoms with E-state index in [0.29, 0.717) is 0 Å². The fourth-order valence-corrected chi connectivity index (χ4v) is 1.54. The largest absolute Gasteiger partial charge is 0.256 e. The molecule has 0 aliphatic heterocycles. The maximum atomic E-state index is 5.51. The van der Waals surface area contributed by atoms with Crippen LogP contribution in [-0.4, -0.2) is 4.98 Å². The van der Waals surface area contributed by atoms with Gasteiger partial charge in [0.05, 0.1) is 10.9 Å². The van der Waals surface area contributed by atoms with Crippen molar-refractivity contribution in [1.29, 1.82) is 0 Å². The predicted molar refractivity (Wildman–Crippen MR) is 63.6 cm³/mol. The lowest BCUT2D eigenvalue weighted by Gasteiger charge is -2.18. The summed E-state index contributed by atoms with van der Waals surface area (Å²) in [6.45, 7) is 4.08. The lowest BCUT2D eigenvalue weighted by molar-refractivity contribution is 0.700. The number of hydrogen-bond acceptors (Lipinski definition) is 1. The molecule has 0 saturated heterocycles. The minimum Gasteiger partial charge on any atom is -0.256 e. The number of terminal acetylenes is 1. The van der Waals surface area contributed by atoms with E-state index in [0.717, 1.165) is 16.5 Å². The molecular formula is C14H13N. The quantitative estimate of drug-likeness (QED) is 0.637. The van der Waals surface area contributed by atoms with Gasteiger partial charge in [0, 0.05) is 11.6 Å². The van der Waals surface area contributed by atoms with Crippen LogP contribution in [0.15, 0.2) is 36.5 Å². The molecule has 74 valence electrons. The van der Waals surface area contributed by atoms with Crippen LogP contribution in [0.2, 0.25) is 0 Å². The Hall–Kier alpha value is -1.81. The third kappa shape index (κ3) is 1.71. The molecule has 1 aromatic carbocycles. The first-order valence-corrected chi connectivity index (χ1v) is 4.96. The van der Waals surface area contributed by atoms with Gasteiger partial charge in [-0.25, -0.2) is 0 Å². The van der Waals surface area contributed by atoms with Crippen molar-refractivity contribution in [2.75, 3.05) is 0 Å². The summed E-state index contributed by atoms with van der Waals surface area (Å²) >= 11 is 0. The first kappa shape index (κ1) is 9.73. The molecule has 0 unspecified atom stereocenters. The average molecular weight is 195 g/mol. The zero-order chi connectivity index (χ0) is 10.9. The number of rotatable bonds is 1. The van der Waals surface area contributed by atoms with E-state index in [1.807, 2.05) is 19.9 Å². The van der Waals surface area contributed by atoms with E-state index >= 15 is 0 Å². The molecule has 1 heteroatoms. The molecule has 0 atom stereocenters. The number of aromatic nitrogens is 1. The van der Waals surface area contributed by atoms with Gasteiger partial charge in [-0.3, -0.25) is 4.98 Å². The molecule has 2 aromatic rings. The summed E-state index contributed by atoms with van der Waals surface area (Å²) in [5.41, 5.74) is 1.90. The Bertz CT molecular complexity index is 532. The number of pyridine rings is 1. The van der Waals surface area contributed by atoms with Crippen LogP contribution in [0, 0.1) is 12.3 Å². The number of benzene rings is 1. The summed E-state index contributed by atoms with van der Waals surface area (Å²) in [5.74, 6) is 2.79. The van der Waals surface area contributed by atoms with Crippen molar-refractivity contribution in [2.45, 2.75) is 19.3 Å². The van der Waals surface area contributed by atoms with E-state index in [4.69, 9.17) is 6.42 Å². The first-order valence-electron chi connectivity index (χ1n) is 4.96. The smallest absolute Gasteiger partial charge is 0.0705 e. The standard InChI is InChI=1S/C14H13N/c1-4-14(2,3)12-8-7-11-6-5-9-15-13(11)10-12/h1,5-10H,2-3H3. The average Bonchev–Trinajstić information content (AvgIpc) is 2.28. The highest BCUT2D eigenvalue weighted by Gasteiger charge is 2.17. The molecule has 0 fully saturated rings. The monoisotopic (exact) mass is 195 g/mol. The second kappa shape index (κ2) is 3.40. The molecule has 0 spiro atoms. The molecule has 0 N–H and O–H groups in total. The number of fused-ring (bicyclic) bond motifs is 1. The molecular weight excluding hydrogens is 182 g/mol. The summed E-state index contributed by atoms with van der Waals surface area (Å²) in [7, 11) is 0. The highest BCUT2D eigenvalue weighted by Crippen LogP contribution is 2.24. The predicted octanol–water partition coefficient (Wildman–Crippen LogP) is 3.15. The summed E-state index contributed by atoms with van der Waals surface area (Å²) < 4.78 is 0. The van der Waals surface area contributed by atoms with Gasteiger partial charge in [0.1, 0.15) is 0 Å². The van der Waals surface area contributed by atoms with Crippen LogP contribution in [0.4, 0.5) is 0 Å². The first-order chi connectivity index (χ1) is 7.13. The van der Waals surface area contributed by atoms with Gasteiger partial charge in [-0.15, -0.1) is 6.42 Å². The summed E-state index contributed by atoms with van der Waals surface area (Å²) in [4.78, 5) is 4.32. The Labute approximate surface area is 90.2 Å².